The van der Waals surface area contributed by atoms with E-state index in [0.717, 1.165) is 51.6 Å². The Morgan fingerprint density at radius 2 is 1.94 bits per heavy atom. The molecule has 4 heteroatoms. The molecule has 1 saturated carbocycles. The Kier molecular flexibility index (Phi) is 3.56. The van der Waals surface area contributed by atoms with E-state index in [-0.39, 0.29) is 6.03 Å². The van der Waals surface area contributed by atoms with Crippen LogP contribution in [-0.2, 0) is 0 Å². The number of rotatable bonds is 1. The van der Waals surface area contributed by atoms with Crippen LogP contribution >= 0.6 is 0 Å². The number of carbonyl (C=O) groups is 1. The first-order valence-electron chi connectivity index (χ1n) is 6.63. The summed E-state index contributed by atoms with van der Waals surface area (Å²) in [7, 11) is 0. The SMILES string of the molecule is CC1CCC(C#N)(NC(=O)N2CCCC2)CC1. The van der Waals surface area contributed by atoms with Crippen LogP contribution < -0.4 is 5.32 Å². The molecule has 1 N–H and O–H groups in total. The van der Waals surface area contributed by atoms with E-state index in [1.165, 1.54) is 0 Å². The molecule has 0 aromatic heterocycles. The fourth-order valence-electron chi connectivity index (χ4n) is 2.72. The molecule has 4 nitrogen and oxygen atoms in total. The molecule has 17 heavy (non-hydrogen) atoms. The Morgan fingerprint density at radius 3 is 2.47 bits per heavy atom. The number of hydrogen-bond acceptors (Lipinski definition) is 2. The third kappa shape index (κ3) is 2.71. The third-order valence-electron chi connectivity index (χ3n) is 4.08. The van der Waals surface area contributed by atoms with Gasteiger partial charge in [0.15, 0.2) is 0 Å². The van der Waals surface area contributed by atoms with Gasteiger partial charge in [-0.1, -0.05) is 6.92 Å². The van der Waals surface area contributed by atoms with E-state index in [1.807, 2.05) is 4.90 Å². The number of nitriles is 1. The second-order valence-electron chi connectivity index (χ2n) is 5.50. The number of hydrogen-bond donors (Lipinski definition) is 1. The minimum Gasteiger partial charge on any atom is -0.325 e. The van der Waals surface area contributed by atoms with Crippen molar-refractivity contribution in [3.8, 4) is 6.07 Å². The van der Waals surface area contributed by atoms with E-state index in [4.69, 9.17) is 0 Å². The zero-order valence-electron chi connectivity index (χ0n) is 10.5. The number of nitrogens with zero attached hydrogens (tertiary/aromatic N) is 2. The van der Waals surface area contributed by atoms with Gasteiger partial charge in [-0.15, -0.1) is 0 Å². The van der Waals surface area contributed by atoms with Gasteiger partial charge < -0.3 is 10.2 Å². The van der Waals surface area contributed by atoms with Gasteiger partial charge in [0.05, 0.1) is 6.07 Å². The Bertz CT molecular complexity index is 320. The second-order valence-corrected chi connectivity index (χ2v) is 5.50. The summed E-state index contributed by atoms with van der Waals surface area (Å²) in [4.78, 5) is 13.9. The summed E-state index contributed by atoms with van der Waals surface area (Å²) < 4.78 is 0. The summed E-state index contributed by atoms with van der Waals surface area (Å²) >= 11 is 0. The van der Waals surface area contributed by atoms with Gasteiger partial charge in [0.25, 0.3) is 0 Å². The van der Waals surface area contributed by atoms with E-state index >= 15 is 0 Å². The molecule has 2 amide bonds. The van der Waals surface area contributed by atoms with E-state index in [0.29, 0.717) is 5.92 Å². The number of urea groups is 1. The van der Waals surface area contributed by atoms with Crippen LogP contribution in [0.3, 0.4) is 0 Å². The molecule has 0 unspecified atom stereocenters. The lowest BCUT2D eigenvalue weighted by atomic mass is 9.78. The molecular formula is C13H21N3O. The quantitative estimate of drug-likeness (QED) is 0.758. The Balaban J connectivity index is 1.95. The standard InChI is InChI=1S/C13H21N3O/c1-11-4-6-13(10-14,7-5-11)15-12(17)16-8-2-3-9-16/h11H,2-9H2,1H3,(H,15,17). The van der Waals surface area contributed by atoms with Crippen molar-refractivity contribution >= 4 is 6.03 Å². The summed E-state index contributed by atoms with van der Waals surface area (Å²) in [6.45, 7) is 3.89. The smallest absolute Gasteiger partial charge is 0.318 e. The molecule has 1 saturated heterocycles. The van der Waals surface area contributed by atoms with Crippen molar-refractivity contribution in [2.75, 3.05) is 13.1 Å². The van der Waals surface area contributed by atoms with Gasteiger partial charge in [0, 0.05) is 13.1 Å². The van der Waals surface area contributed by atoms with E-state index in [2.05, 4.69) is 18.3 Å². The largest absolute Gasteiger partial charge is 0.325 e. The zero-order valence-corrected chi connectivity index (χ0v) is 10.5. The topological polar surface area (TPSA) is 56.1 Å². The number of carbonyl (C=O) groups excluding carboxylic acids is 1. The molecule has 1 aliphatic carbocycles. The molecule has 1 aliphatic heterocycles. The average molecular weight is 235 g/mol. The molecule has 0 spiro atoms. The van der Waals surface area contributed by atoms with Crippen molar-refractivity contribution in [2.45, 2.75) is 51.0 Å². The molecule has 0 aromatic rings. The van der Waals surface area contributed by atoms with E-state index in [9.17, 15) is 10.1 Å². The van der Waals surface area contributed by atoms with Gasteiger partial charge in [-0.3, -0.25) is 0 Å². The molecule has 2 rings (SSSR count). The highest BCUT2D eigenvalue weighted by molar-refractivity contribution is 5.75. The summed E-state index contributed by atoms with van der Waals surface area (Å²) in [6.07, 6.45) is 5.84. The van der Waals surface area contributed by atoms with Crippen LogP contribution in [0.15, 0.2) is 0 Å². The zero-order chi connectivity index (χ0) is 12.3. The van der Waals surface area contributed by atoms with Gasteiger partial charge in [-0.2, -0.15) is 5.26 Å². The first-order chi connectivity index (χ1) is 8.15. The van der Waals surface area contributed by atoms with E-state index in [1.54, 1.807) is 0 Å². The third-order valence-corrected chi connectivity index (χ3v) is 4.08. The van der Waals surface area contributed by atoms with Crippen LogP contribution in [0.4, 0.5) is 4.79 Å². The van der Waals surface area contributed by atoms with E-state index < -0.39 is 5.54 Å². The highest BCUT2D eigenvalue weighted by Gasteiger charge is 2.37. The van der Waals surface area contributed by atoms with Crippen LogP contribution in [-0.4, -0.2) is 29.6 Å². The van der Waals surface area contributed by atoms with Crippen molar-refractivity contribution in [3.05, 3.63) is 0 Å². The monoisotopic (exact) mass is 235 g/mol. The molecule has 2 aliphatic rings. The van der Waals surface area contributed by atoms with Gasteiger partial charge in [-0.25, -0.2) is 4.79 Å². The maximum Gasteiger partial charge on any atom is 0.318 e. The van der Waals surface area contributed by atoms with Crippen LogP contribution in [0.1, 0.15) is 45.4 Å². The molecule has 0 bridgehead atoms. The number of amides is 2. The Hall–Kier alpha value is -1.24. The molecule has 2 fully saturated rings. The minimum atomic E-state index is -0.605. The predicted octanol–water partition coefficient (Wildman–Crippen LogP) is 2.26. The maximum atomic E-state index is 12.0. The normalized spacial score (nSPS) is 33.2. The summed E-state index contributed by atoms with van der Waals surface area (Å²) in [5.41, 5.74) is -0.605. The fourth-order valence-corrected chi connectivity index (χ4v) is 2.72. The highest BCUT2D eigenvalue weighted by Crippen LogP contribution is 2.31. The van der Waals surface area contributed by atoms with Gasteiger partial charge >= 0.3 is 6.03 Å². The second kappa shape index (κ2) is 4.95. The molecule has 0 aromatic carbocycles. The fraction of sp³-hybridized carbons (Fsp3) is 0.846. The Morgan fingerprint density at radius 1 is 1.35 bits per heavy atom. The molecule has 94 valence electrons. The van der Waals surface area contributed by atoms with Crippen LogP contribution in [0.2, 0.25) is 0 Å². The summed E-state index contributed by atoms with van der Waals surface area (Å²) in [5, 5.41) is 12.3. The lowest BCUT2D eigenvalue weighted by Crippen LogP contribution is -2.53. The van der Waals surface area contributed by atoms with Gasteiger partial charge in [-0.05, 0) is 44.4 Å². The molecule has 1 heterocycles. The van der Waals surface area contributed by atoms with Crippen molar-refractivity contribution in [3.63, 3.8) is 0 Å². The van der Waals surface area contributed by atoms with Crippen molar-refractivity contribution in [1.29, 1.82) is 5.26 Å². The summed E-state index contributed by atoms with van der Waals surface area (Å²) in [6, 6.07) is 2.29. The predicted molar refractivity (Wildman–Crippen MR) is 65.3 cm³/mol. The Labute approximate surface area is 103 Å². The number of nitrogens with one attached hydrogen (secondary N) is 1. The lowest BCUT2D eigenvalue weighted by Gasteiger charge is -2.35. The first kappa shape index (κ1) is 12.2. The van der Waals surface area contributed by atoms with Crippen LogP contribution in [0, 0.1) is 17.2 Å². The first-order valence-corrected chi connectivity index (χ1v) is 6.63. The minimum absolute atomic E-state index is 0.0430. The van der Waals surface area contributed by atoms with Crippen molar-refractivity contribution in [1.82, 2.24) is 10.2 Å². The molecule has 0 radical (unpaired) electrons. The van der Waals surface area contributed by atoms with Crippen LogP contribution in [0.5, 0.6) is 0 Å². The molecular weight excluding hydrogens is 214 g/mol. The highest BCUT2D eigenvalue weighted by atomic mass is 16.2. The average Bonchev–Trinajstić information content (AvgIpc) is 2.86. The van der Waals surface area contributed by atoms with Crippen LogP contribution in [0.25, 0.3) is 0 Å². The van der Waals surface area contributed by atoms with Crippen molar-refractivity contribution in [2.24, 2.45) is 5.92 Å². The van der Waals surface area contributed by atoms with Gasteiger partial charge in [0.2, 0.25) is 0 Å². The molecule has 0 atom stereocenters. The number of likely N-dealkylation sites (tertiary alicyclic amines) is 1. The summed E-state index contributed by atoms with van der Waals surface area (Å²) in [5.74, 6) is 0.681. The van der Waals surface area contributed by atoms with Gasteiger partial charge in [0.1, 0.15) is 5.54 Å². The lowest BCUT2D eigenvalue weighted by molar-refractivity contribution is 0.184. The maximum absolute atomic E-state index is 12.0. The van der Waals surface area contributed by atoms with Crippen molar-refractivity contribution < 1.29 is 4.79 Å².